The molecular formula is C9H11N3S. The molecule has 2 rings (SSSR count). The van der Waals surface area contributed by atoms with Crippen LogP contribution in [-0.4, -0.2) is 15.4 Å². The first-order chi connectivity index (χ1) is 6.34. The largest absolute Gasteiger partial charge is 0.198 e. The second-order valence-corrected chi connectivity index (χ2v) is 4.35. The number of hydrogen-bond donors (Lipinski definition) is 1. The average Bonchev–Trinajstić information content (AvgIpc) is 2.71. The van der Waals surface area contributed by atoms with Crippen molar-refractivity contribution in [3.05, 3.63) is 33.8 Å². The highest BCUT2D eigenvalue weighted by Crippen LogP contribution is 2.16. The highest BCUT2D eigenvalue weighted by atomic mass is 32.1. The van der Waals surface area contributed by atoms with Crippen LogP contribution < -0.4 is 0 Å². The highest BCUT2D eigenvalue weighted by Gasteiger charge is 1.99. The first-order valence-corrected chi connectivity index (χ1v) is 5.06. The van der Waals surface area contributed by atoms with Crippen LogP contribution in [-0.2, 0) is 12.8 Å². The molecular weight excluding hydrogens is 182 g/mol. The molecule has 0 saturated carbocycles. The van der Waals surface area contributed by atoms with Gasteiger partial charge in [-0.3, -0.25) is 0 Å². The molecule has 0 fully saturated rings. The van der Waals surface area contributed by atoms with Crippen LogP contribution in [0.2, 0.25) is 0 Å². The predicted molar refractivity (Wildman–Crippen MR) is 52.8 cm³/mol. The molecule has 4 heteroatoms. The Hall–Kier alpha value is -1.16. The Bertz CT molecular complexity index is 364. The van der Waals surface area contributed by atoms with E-state index >= 15 is 0 Å². The van der Waals surface area contributed by atoms with Crippen molar-refractivity contribution in [3.8, 4) is 0 Å². The summed E-state index contributed by atoms with van der Waals surface area (Å²) in [6.07, 6.45) is 3.81. The smallest absolute Gasteiger partial charge is 0.0828 e. The van der Waals surface area contributed by atoms with Gasteiger partial charge in [0.05, 0.1) is 11.9 Å². The molecule has 0 saturated heterocycles. The predicted octanol–water partition coefficient (Wildman–Crippen LogP) is 1.96. The van der Waals surface area contributed by atoms with Gasteiger partial charge in [-0.15, -0.1) is 11.3 Å². The summed E-state index contributed by atoms with van der Waals surface area (Å²) in [6.45, 7) is 2.13. The average molecular weight is 193 g/mol. The van der Waals surface area contributed by atoms with Gasteiger partial charge in [0.2, 0.25) is 0 Å². The zero-order chi connectivity index (χ0) is 9.10. The number of aryl methyl sites for hydroxylation is 3. The summed E-state index contributed by atoms with van der Waals surface area (Å²) in [7, 11) is 0. The van der Waals surface area contributed by atoms with Gasteiger partial charge in [-0.25, -0.2) is 0 Å². The van der Waals surface area contributed by atoms with Crippen LogP contribution in [0.15, 0.2) is 18.3 Å². The number of nitrogens with one attached hydrogen (secondary N) is 1. The Morgan fingerprint density at radius 1 is 1.38 bits per heavy atom. The fourth-order valence-corrected chi connectivity index (χ4v) is 2.11. The van der Waals surface area contributed by atoms with Crippen LogP contribution >= 0.6 is 11.3 Å². The summed E-state index contributed by atoms with van der Waals surface area (Å²) in [6, 6.07) is 4.34. The van der Waals surface area contributed by atoms with Gasteiger partial charge in [0.25, 0.3) is 0 Å². The van der Waals surface area contributed by atoms with Crippen molar-refractivity contribution in [3.63, 3.8) is 0 Å². The summed E-state index contributed by atoms with van der Waals surface area (Å²) >= 11 is 1.85. The Morgan fingerprint density at radius 2 is 2.31 bits per heavy atom. The van der Waals surface area contributed by atoms with Crippen LogP contribution in [0, 0.1) is 6.92 Å². The molecule has 0 radical (unpaired) electrons. The van der Waals surface area contributed by atoms with Crippen LogP contribution in [0.4, 0.5) is 0 Å². The van der Waals surface area contributed by atoms with Crippen molar-refractivity contribution in [1.82, 2.24) is 15.4 Å². The van der Waals surface area contributed by atoms with Crippen molar-refractivity contribution in [1.29, 1.82) is 0 Å². The molecule has 0 unspecified atom stereocenters. The highest BCUT2D eigenvalue weighted by molar-refractivity contribution is 7.11. The number of rotatable bonds is 3. The second kappa shape index (κ2) is 3.70. The SMILES string of the molecule is Cc1ccc(CCc2cn[nH]n2)s1. The van der Waals surface area contributed by atoms with Crippen LogP contribution in [0.1, 0.15) is 15.4 Å². The molecule has 0 atom stereocenters. The molecule has 0 aromatic carbocycles. The van der Waals surface area contributed by atoms with Gasteiger partial charge in [0, 0.05) is 9.75 Å². The maximum Gasteiger partial charge on any atom is 0.0828 e. The maximum atomic E-state index is 4.01. The van der Waals surface area contributed by atoms with Gasteiger partial charge >= 0.3 is 0 Å². The monoisotopic (exact) mass is 193 g/mol. The van der Waals surface area contributed by atoms with E-state index in [2.05, 4.69) is 34.5 Å². The molecule has 2 heterocycles. The van der Waals surface area contributed by atoms with Gasteiger partial charge in [-0.05, 0) is 31.9 Å². The van der Waals surface area contributed by atoms with E-state index in [1.54, 1.807) is 6.20 Å². The molecule has 68 valence electrons. The molecule has 13 heavy (non-hydrogen) atoms. The first-order valence-electron chi connectivity index (χ1n) is 4.24. The van der Waals surface area contributed by atoms with E-state index in [1.165, 1.54) is 9.75 Å². The Kier molecular flexibility index (Phi) is 2.40. The second-order valence-electron chi connectivity index (χ2n) is 2.97. The number of nitrogens with zero attached hydrogens (tertiary/aromatic N) is 2. The van der Waals surface area contributed by atoms with Crippen LogP contribution in [0.5, 0.6) is 0 Å². The minimum atomic E-state index is 0.969. The number of aromatic nitrogens is 3. The van der Waals surface area contributed by atoms with Crippen molar-refractivity contribution in [2.75, 3.05) is 0 Å². The van der Waals surface area contributed by atoms with E-state index < -0.39 is 0 Å². The molecule has 1 N–H and O–H groups in total. The molecule has 3 nitrogen and oxygen atoms in total. The lowest BCUT2D eigenvalue weighted by molar-refractivity contribution is 0.878. The van der Waals surface area contributed by atoms with Crippen LogP contribution in [0.3, 0.4) is 0 Å². The Balaban J connectivity index is 1.93. The summed E-state index contributed by atoms with van der Waals surface area (Å²) in [4.78, 5) is 2.79. The molecule has 0 bridgehead atoms. The molecule has 0 aliphatic rings. The fraction of sp³-hybridized carbons (Fsp3) is 0.333. The number of aromatic amines is 1. The fourth-order valence-electron chi connectivity index (χ4n) is 1.22. The number of hydrogen-bond acceptors (Lipinski definition) is 3. The van der Waals surface area contributed by atoms with E-state index in [4.69, 9.17) is 0 Å². The molecule has 0 aliphatic carbocycles. The normalized spacial score (nSPS) is 10.5. The number of thiophene rings is 1. The van der Waals surface area contributed by atoms with Crippen molar-refractivity contribution >= 4 is 11.3 Å². The molecule has 0 aliphatic heterocycles. The zero-order valence-corrected chi connectivity index (χ0v) is 8.27. The molecule has 0 amide bonds. The molecule has 0 spiro atoms. The summed E-state index contributed by atoms with van der Waals surface area (Å²) < 4.78 is 0. The first kappa shape index (κ1) is 8.44. The Labute approximate surface area is 80.8 Å². The molecule has 2 aromatic heterocycles. The number of H-pyrrole nitrogens is 1. The van der Waals surface area contributed by atoms with E-state index in [1.807, 2.05) is 11.3 Å². The third-order valence-corrected chi connectivity index (χ3v) is 2.95. The van der Waals surface area contributed by atoms with Crippen molar-refractivity contribution < 1.29 is 0 Å². The lowest BCUT2D eigenvalue weighted by Gasteiger charge is -1.92. The van der Waals surface area contributed by atoms with E-state index in [0.29, 0.717) is 0 Å². The lowest BCUT2D eigenvalue weighted by Crippen LogP contribution is -1.88. The third kappa shape index (κ3) is 2.15. The summed E-state index contributed by atoms with van der Waals surface area (Å²) in [5.41, 5.74) is 1.03. The van der Waals surface area contributed by atoms with Gasteiger partial charge in [-0.1, -0.05) is 0 Å². The Morgan fingerprint density at radius 3 is 2.92 bits per heavy atom. The summed E-state index contributed by atoms with van der Waals surface area (Å²) in [5, 5.41) is 10.4. The minimum Gasteiger partial charge on any atom is -0.198 e. The van der Waals surface area contributed by atoms with E-state index in [0.717, 1.165) is 18.5 Å². The van der Waals surface area contributed by atoms with Gasteiger partial charge in [-0.2, -0.15) is 15.4 Å². The summed E-state index contributed by atoms with van der Waals surface area (Å²) in [5.74, 6) is 0. The zero-order valence-electron chi connectivity index (χ0n) is 7.45. The topological polar surface area (TPSA) is 41.6 Å². The van der Waals surface area contributed by atoms with Gasteiger partial charge in [0.1, 0.15) is 0 Å². The standard InChI is InChI=1S/C9H11N3S/c1-7-2-4-9(13-7)5-3-8-6-10-12-11-8/h2,4,6H,3,5H2,1H3,(H,10,11,12). The third-order valence-electron chi connectivity index (χ3n) is 1.89. The van der Waals surface area contributed by atoms with Crippen LogP contribution in [0.25, 0.3) is 0 Å². The molecule has 2 aromatic rings. The van der Waals surface area contributed by atoms with Gasteiger partial charge < -0.3 is 0 Å². The minimum absolute atomic E-state index is 0.969. The maximum absolute atomic E-state index is 4.01. The lowest BCUT2D eigenvalue weighted by atomic mass is 10.2. The van der Waals surface area contributed by atoms with Gasteiger partial charge in [0.15, 0.2) is 0 Å². The quantitative estimate of drug-likeness (QED) is 0.809. The van der Waals surface area contributed by atoms with E-state index in [-0.39, 0.29) is 0 Å². The van der Waals surface area contributed by atoms with Crippen molar-refractivity contribution in [2.24, 2.45) is 0 Å². The van der Waals surface area contributed by atoms with Crippen molar-refractivity contribution in [2.45, 2.75) is 19.8 Å². The van der Waals surface area contributed by atoms with E-state index in [9.17, 15) is 0 Å².